The van der Waals surface area contributed by atoms with E-state index in [0.29, 0.717) is 6.04 Å². The molecule has 0 aliphatic heterocycles. The normalized spacial score (nSPS) is 12.4. The number of hydrogen-bond acceptors (Lipinski definition) is 2. The van der Waals surface area contributed by atoms with Crippen molar-refractivity contribution >= 4 is 21.6 Å². The van der Waals surface area contributed by atoms with Crippen LogP contribution in [0.3, 0.4) is 0 Å². The highest BCUT2D eigenvalue weighted by Crippen LogP contribution is 2.30. The zero-order valence-electron chi connectivity index (χ0n) is 13.4. The van der Waals surface area contributed by atoms with Crippen molar-refractivity contribution in [2.24, 2.45) is 0 Å². The van der Waals surface area contributed by atoms with Gasteiger partial charge in [0, 0.05) is 23.6 Å². The van der Waals surface area contributed by atoms with Crippen LogP contribution < -0.4 is 10.2 Å². The minimum absolute atomic E-state index is 0.389. The standard InChI is InChI=1S/C17H29BrN2/c1-5-7-11-20(12-8-6-2)17-10-9-15(13-16(17)18)14(3)19-4/h9-10,13-14,19H,5-8,11-12H2,1-4H3. The molecule has 0 aromatic heterocycles. The Bertz CT molecular complexity index is 385. The number of rotatable bonds is 9. The molecule has 0 amide bonds. The van der Waals surface area contributed by atoms with Gasteiger partial charge in [-0.2, -0.15) is 0 Å². The van der Waals surface area contributed by atoms with E-state index in [2.05, 4.69) is 65.1 Å². The van der Waals surface area contributed by atoms with Crippen LogP contribution >= 0.6 is 15.9 Å². The SMILES string of the molecule is CCCCN(CCCC)c1ccc(C(C)NC)cc1Br. The van der Waals surface area contributed by atoms with E-state index in [9.17, 15) is 0 Å². The summed E-state index contributed by atoms with van der Waals surface area (Å²) >= 11 is 3.76. The molecule has 0 heterocycles. The van der Waals surface area contributed by atoms with Crippen molar-refractivity contribution in [2.75, 3.05) is 25.0 Å². The molecule has 1 unspecified atom stereocenters. The van der Waals surface area contributed by atoms with Crippen molar-refractivity contribution < 1.29 is 0 Å². The molecule has 0 aliphatic carbocycles. The first-order chi connectivity index (χ1) is 9.63. The minimum atomic E-state index is 0.389. The average Bonchev–Trinajstić information content (AvgIpc) is 2.47. The van der Waals surface area contributed by atoms with E-state index in [0.717, 1.165) is 13.1 Å². The number of anilines is 1. The molecule has 1 rings (SSSR count). The van der Waals surface area contributed by atoms with Crippen LogP contribution in [-0.4, -0.2) is 20.1 Å². The number of unbranched alkanes of at least 4 members (excludes halogenated alkanes) is 2. The van der Waals surface area contributed by atoms with Gasteiger partial charge in [0.2, 0.25) is 0 Å². The molecule has 0 spiro atoms. The molecule has 0 saturated heterocycles. The molecule has 3 heteroatoms. The molecule has 1 atom stereocenters. The van der Waals surface area contributed by atoms with Crippen LogP contribution in [0.5, 0.6) is 0 Å². The van der Waals surface area contributed by atoms with Crippen LogP contribution in [0.15, 0.2) is 22.7 Å². The molecule has 0 radical (unpaired) electrons. The molecule has 1 aromatic carbocycles. The molecule has 0 aliphatic rings. The number of halogens is 1. The summed E-state index contributed by atoms with van der Waals surface area (Å²) in [5.41, 5.74) is 2.66. The molecule has 0 saturated carbocycles. The molecular weight excluding hydrogens is 312 g/mol. The molecule has 2 nitrogen and oxygen atoms in total. The van der Waals surface area contributed by atoms with Crippen LogP contribution in [0.25, 0.3) is 0 Å². The van der Waals surface area contributed by atoms with Gasteiger partial charge >= 0.3 is 0 Å². The predicted molar refractivity (Wildman–Crippen MR) is 93.6 cm³/mol. The maximum atomic E-state index is 3.76. The van der Waals surface area contributed by atoms with Crippen LogP contribution in [0.1, 0.15) is 58.1 Å². The average molecular weight is 341 g/mol. The van der Waals surface area contributed by atoms with Gasteiger partial charge in [-0.05, 0) is 60.4 Å². The van der Waals surface area contributed by atoms with Crippen LogP contribution in [0, 0.1) is 0 Å². The minimum Gasteiger partial charge on any atom is -0.371 e. The summed E-state index contributed by atoms with van der Waals surface area (Å²) in [5, 5.41) is 3.29. The Morgan fingerprint density at radius 1 is 1.15 bits per heavy atom. The van der Waals surface area contributed by atoms with Gasteiger partial charge in [-0.15, -0.1) is 0 Å². The van der Waals surface area contributed by atoms with Gasteiger partial charge in [0.15, 0.2) is 0 Å². The summed E-state index contributed by atoms with van der Waals surface area (Å²) in [6.45, 7) is 8.99. The van der Waals surface area contributed by atoms with Gasteiger partial charge in [-0.1, -0.05) is 32.8 Å². The van der Waals surface area contributed by atoms with Crippen molar-refractivity contribution in [3.8, 4) is 0 Å². The lowest BCUT2D eigenvalue weighted by molar-refractivity contribution is 0.650. The lowest BCUT2D eigenvalue weighted by Crippen LogP contribution is -2.26. The van der Waals surface area contributed by atoms with E-state index in [-0.39, 0.29) is 0 Å². The summed E-state index contributed by atoms with van der Waals surface area (Å²) in [4.78, 5) is 2.52. The van der Waals surface area contributed by atoms with Crippen molar-refractivity contribution in [3.05, 3.63) is 28.2 Å². The van der Waals surface area contributed by atoms with Crippen molar-refractivity contribution in [2.45, 2.75) is 52.5 Å². The Labute approximate surface area is 133 Å². The highest BCUT2D eigenvalue weighted by atomic mass is 79.9. The van der Waals surface area contributed by atoms with E-state index in [4.69, 9.17) is 0 Å². The third-order valence-electron chi connectivity index (χ3n) is 3.81. The fourth-order valence-electron chi connectivity index (χ4n) is 2.27. The fraction of sp³-hybridized carbons (Fsp3) is 0.647. The van der Waals surface area contributed by atoms with Crippen LogP contribution in [-0.2, 0) is 0 Å². The number of hydrogen-bond donors (Lipinski definition) is 1. The smallest absolute Gasteiger partial charge is 0.0510 e. The Morgan fingerprint density at radius 3 is 2.20 bits per heavy atom. The Morgan fingerprint density at radius 2 is 1.75 bits per heavy atom. The van der Waals surface area contributed by atoms with Gasteiger partial charge < -0.3 is 10.2 Å². The van der Waals surface area contributed by atoms with Gasteiger partial charge in [0.25, 0.3) is 0 Å². The molecule has 1 N–H and O–H groups in total. The Kier molecular flexibility index (Phi) is 8.24. The maximum Gasteiger partial charge on any atom is 0.0510 e. The lowest BCUT2D eigenvalue weighted by atomic mass is 10.1. The second-order valence-corrected chi connectivity index (χ2v) is 6.27. The molecule has 0 bridgehead atoms. The van der Waals surface area contributed by atoms with Crippen LogP contribution in [0.4, 0.5) is 5.69 Å². The summed E-state index contributed by atoms with van der Waals surface area (Å²) in [6, 6.07) is 7.15. The summed E-state index contributed by atoms with van der Waals surface area (Å²) in [5.74, 6) is 0. The predicted octanol–water partition coefficient (Wildman–Crippen LogP) is 5.14. The molecule has 1 aromatic rings. The Balaban J connectivity index is 2.89. The second kappa shape index (κ2) is 9.41. The zero-order chi connectivity index (χ0) is 15.0. The van der Waals surface area contributed by atoms with E-state index < -0.39 is 0 Å². The van der Waals surface area contributed by atoms with E-state index in [1.807, 2.05) is 7.05 Å². The van der Waals surface area contributed by atoms with Gasteiger partial charge in [-0.25, -0.2) is 0 Å². The molecule has 0 fully saturated rings. The first kappa shape index (κ1) is 17.5. The monoisotopic (exact) mass is 340 g/mol. The van der Waals surface area contributed by atoms with E-state index in [1.54, 1.807) is 0 Å². The second-order valence-electron chi connectivity index (χ2n) is 5.42. The first-order valence-electron chi connectivity index (χ1n) is 7.85. The van der Waals surface area contributed by atoms with Gasteiger partial charge in [0.05, 0.1) is 5.69 Å². The summed E-state index contributed by atoms with van der Waals surface area (Å²) in [6.07, 6.45) is 5.00. The van der Waals surface area contributed by atoms with Crippen molar-refractivity contribution in [3.63, 3.8) is 0 Å². The first-order valence-corrected chi connectivity index (χ1v) is 8.64. The fourth-order valence-corrected chi connectivity index (χ4v) is 2.91. The van der Waals surface area contributed by atoms with Crippen molar-refractivity contribution in [1.82, 2.24) is 5.32 Å². The zero-order valence-corrected chi connectivity index (χ0v) is 15.0. The number of benzene rings is 1. The quantitative estimate of drug-likeness (QED) is 0.669. The van der Waals surface area contributed by atoms with Gasteiger partial charge in [-0.3, -0.25) is 0 Å². The topological polar surface area (TPSA) is 15.3 Å². The number of nitrogens with one attached hydrogen (secondary N) is 1. The van der Waals surface area contributed by atoms with Crippen molar-refractivity contribution in [1.29, 1.82) is 0 Å². The lowest BCUT2D eigenvalue weighted by Gasteiger charge is -2.26. The molecule has 114 valence electrons. The third-order valence-corrected chi connectivity index (χ3v) is 4.44. The maximum absolute atomic E-state index is 3.76. The highest BCUT2D eigenvalue weighted by Gasteiger charge is 2.11. The number of nitrogens with zero attached hydrogens (tertiary/aromatic N) is 1. The summed E-state index contributed by atoms with van der Waals surface area (Å²) in [7, 11) is 2.00. The van der Waals surface area contributed by atoms with E-state index in [1.165, 1.54) is 41.4 Å². The molecule has 20 heavy (non-hydrogen) atoms. The summed E-state index contributed by atoms with van der Waals surface area (Å²) < 4.78 is 1.21. The Hall–Kier alpha value is -0.540. The largest absolute Gasteiger partial charge is 0.371 e. The van der Waals surface area contributed by atoms with Gasteiger partial charge in [0.1, 0.15) is 0 Å². The highest BCUT2D eigenvalue weighted by molar-refractivity contribution is 9.10. The van der Waals surface area contributed by atoms with E-state index >= 15 is 0 Å². The molecular formula is C17H29BrN2. The van der Waals surface area contributed by atoms with Crippen LogP contribution in [0.2, 0.25) is 0 Å². The third kappa shape index (κ3) is 5.10.